The summed E-state index contributed by atoms with van der Waals surface area (Å²) in [4.78, 5) is 13.0. The van der Waals surface area contributed by atoms with Crippen molar-refractivity contribution < 1.29 is 4.79 Å². The van der Waals surface area contributed by atoms with E-state index >= 15 is 0 Å². The Morgan fingerprint density at radius 3 is 2.86 bits per heavy atom. The number of nitrogens with zero attached hydrogens (tertiary/aromatic N) is 5. The van der Waals surface area contributed by atoms with Crippen molar-refractivity contribution in [3.05, 3.63) is 65.6 Å². The van der Waals surface area contributed by atoms with E-state index in [4.69, 9.17) is 0 Å². The van der Waals surface area contributed by atoms with Gasteiger partial charge in [-0.05, 0) is 43.6 Å². The van der Waals surface area contributed by atoms with Crippen LogP contribution in [0.1, 0.15) is 42.1 Å². The first-order chi connectivity index (χ1) is 13.9. The molecule has 0 fully saturated rings. The number of aryl methyl sites for hydroxylation is 3. The summed E-state index contributed by atoms with van der Waals surface area (Å²) in [7, 11) is 2.73. The van der Waals surface area contributed by atoms with E-state index in [-0.39, 0.29) is 11.9 Å². The van der Waals surface area contributed by atoms with Crippen molar-refractivity contribution in [2.45, 2.75) is 45.7 Å². The summed E-state index contributed by atoms with van der Waals surface area (Å²) in [6.07, 6.45) is 7.99. The van der Waals surface area contributed by atoms with Gasteiger partial charge in [0.1, 0.15) is 5.65 Å². The van der Waals surface area contributed by atoms with E-state index in [9.17, 15) is 4.79 Å². The summed E-state index contributed by atoms with van der Waals surface area (Å²) in [5.74, 6) is -0.0894. The summed E-state index contributed by atoms with van der Waals surface area (Å²) < 4.78 is 4.03. The Morgan fingerprint density at radius 1 is 1.24 bits per heavy atom. The van der Waals surface area contributed by atoms with Crippen LogP contribution in [0.4, 0.5) is 0 Å². The number of fused-ring (bicyclic) bond motifs is 1. The molecule has 0 spiro atoms. The fraction of sp³-hybridized carbons (Fsp3) is 0.318. The number of carbonyl (C=O) groups is 1. The molecule has 1 aromatic carbocycles. The minimum Gasteiger partial charge on any atom is -0.331 e. The molecule has 1 aliphatic rings. The summed E-state index contributed by atoms with van der Waals surface area (Å²) in [5, 5.41) is 11.5. The van der Waals surface area contributed by atoms with E-state index in [1.54, 1.807) is 5.01 Å². The van der Waals surface area contributed by atoms with Gasteiger partial charge >= 0.3 is 0 Å². The van der Waals surface area contributed by atoms with E-state index in [1.165, 1.54) is 5.56 Å². The molecule has 29 heavy (non-hydrogen) atoms. The zero-order valence-corrected chi connectivity index (χ0v) is 18.0. The molecule has 1 amide bonds. The molecule has 1 aliphatic heterocycles. The van der Waals surface area contributed by atoms with Crippen LogP contribution in [0.2, 0.25) is 0 Å². The number of amides is 1. The molecule has 3 heterocycles. The van der Waals surface area contributed by atoms with Gasteiger partial charge in [-0.15, -0.1) is 9.24 Å². The van der Waals surface area contributed by atoms with Gasteiger partial charge in [0.05, 0.1) is 11.7 Å². The molecule has 0 radical (unpaired) electrons. The molecule has 0 N–H and O–H groups in total. The monoisotopic (exact) mass is 407 g/mol. The predicted octanol–water partition coefficient (Wildman–Crippen LogP) is 3.55. The van der Waals surface area contributed by atoms with Gasteiger partial charge in [0, 0.05) is 43.2 Å². The number of benzene rings is 1. The highest BCUT2D eigenvalue weighted by atomic mass is 31.0. The first-order valence-electron chi connectivity index (χ1n) is 9.84. The van der Waals surface area contributed by atoms with Crippen molar-refractivity contribution in [1.82, 2.24) is 19.2 Å². The Hall–Kier alpha value is -2.72. The van der Waals surface area contributed by atoms with Crippen molar-refractivity contribution in [2.24, 2.45) is 5.10 Å². The summed E-state index contributed by atoms with van der Waals surface area (Å²) in [6.45, 7) is 8.92. The van der Waals surface area contributed by atoms with Crippen LogP contribution in [0.15, 0.2) is 53.9 Å². The van der Waals surface area contributed by atoms with Gasteiger partial charge in [-0.1, -0.05) is 24.3 Å². The third-order valence-electron chi connectivity index (χ3n) is 5.25. The van der Waals surface area contributed by atoms with E-state index in [0.717, 1.165) is 41.6 Å². The molecule has 2 unspecified atom stereocenters. The van der Waals surface area contributed by atoms with Crippen LogP contribution in [0.25, 0.3) is 5.65 Å². The van der Waals surface area contributed by atoms with Crippen molar-refractivity contribution in [1.29, 1.82) is 0 Å². The average molecular weight is 407 g/mol. The second-order valence-corrected chi connectivity index (χ2v) is 8.33. The lowest BCUT2D eigenvalue weighted by Crippen LogP contribution is -2.28. The summed E-state index contributed by atoms with van der Waals surface area (Å²) in [6, 6.07) is 8.34. The van der Waals surface area contributed by atoms with Crippen LogP contribution in [0.5, 0.6) is 0 Å². The van der Waals surface area contributed by atoms with Crippen LogP contribution < -0.4 is 5.30 Å². The first kappa shape index (κ1) is 19.6. The van der Waals surface area contributed by atoms with Crippen LogP contribution in [-0.2, 0) is 11.3 Å². The first-order valence-corrected chi connectivity index (χ1v) is 10.4. The van der Waals surface area contributed by atoms with Gasteiger partial charge in [0.2, 0.25) is 0 Å². The fourth-order valence-electron chi connectivity index (χ4n) is 3.89. The number of imidazole rings is 1. The van der Waals surface area contributed by atoms with E-state index in [2.05, 4.69) is 61.8 Å². The molecule has 4 rings (SSSR count). The quantitative estimate of drug-likeness (QED) is 0.464. The lowest BCUT2D eigenvalue weighted by Gasteiger charge is -2.24. The molecule has 0 aliphatic carbocycles. The zero-order valence-electron chi connectivity index (χ0n) is 16.9. The maximum absolute atomic E-state index is 13.0. The van der Waals surface area contributed by atoms with Gasteiger partial charge in [0.15, 0.2) is 0 Å². The van der Waals surface area contributed by atoms with Crippen LogP contribution in [-0.4, -0.2) is 31.3 Å². The number of hydrogen-bond acceptors (Lipinski definition) is 3. The fourth-order valence-corrected chi connectivity index (χ4v) is 4.35. The molecule has 7 heteroatoms. The lowest BCUT2D eigenvalue weighted by atomic mass is 10.0. The molecule has 0 saturated heterocycles. The van der Waals surface area contributed by atoms with Crippen LogP contribution in [0.3, 0.4) is 0 Å². The molecule has 0 saturated carbocycles. The third kappa shape index (κ3) is 4.03. The van der Waals surface area contributed by atoms with Gasteiger partial charge < -0.3 is 4.57 Å². The minimum absolute atomic E-state index is 0.0581. The van der Waals surface area contributed by atoms with Gasteiger partial charge in [-0.25, -0.2) is 9.52 Å². The minimum atomic E-state index is -0.0894. The average Bonchev–Trinajstić information content (AvgIpc) is 3.36. The number of rotatable bonds is 6. The second kappa shape index (κ2) is 7.96. The molecule has 0 bridgehead atoms. The van der Waals surface area contributed by atoms with Crippen LogP contribution in [0, 0.1) is 13.8 Å². The third-order valence-corrected chi connectivity index (χ3v) is 5.58. The SMILES string of the molecule is C=C(CCCn1ccn2nc(C)cc12)C(=O)N1N=CCC1c1cc(C)cc(P)c1. The predicted molar refractivity (Wildman–Crippen MR) is 120 cm³/mol. The molecule has 2 atom stereocenters. The molecular formula is C22H26N5OP. The Morgan fingerprint density at radius 2 is 2.07 bits per heavy atom. The Bertz CT molecular complexity index is 1090. The molecule has 2 aromatic heterocycles. The molecular weight excluding hydrogens is 381 g/mol. The van der Waals surface area contributed by atoms with Crippen molar-refractivity contribution in [2.75, 3.05) is 0 Å². The topological polar surface area (TPSA) is 54.9 Å². The van der Waals surface area contributed by atoms with E-state index < -0.39 is 0 Å². The van der Waals surface area contributed by atoms with Crippen molar-refractivity contribution in [3.63, 3.8) is 0 Å². The standard InChI is InChI=1S/C22H26N5OP/c1-15-11-18(14-19(29)12-15)20-6-7-23-27(20)22(28)16(2)5-4-8-25-9-10-26-21(25)13-17(3)24-26/h7,9-14,20H,2,4-6,8,29H2,1,3H3. The molecule has 3 aromatic rings. The van der Waals surface area contributed by atoms with Crippen molar-refractivity contribution >= 4 is 32.3 Å². The Labute approximate surface area is 173 Å². The highest BCUT2D eigenvalue weighted by Gasteiger charge is 2.29. The van der Waals surface area contributed by atoms with Crippen molar-refractivity contribution in [3.8, 4) is 0 Å². The summed E-state index contributed by atoms with van der Waals surface area (Å²) in [5.41, 5.74) is 4.95. The van der Waals surface area contributed by atoms with E-state index in [1.807, 2.05) is 30.0 Å². The highest BCUT2D eigenvalue weighted by Crippen LogP contribution is 2.30. The number of hydrogen-bond donors (Lipinski definition) is 0. The maximum Gasteiger partial charge on any atom is 0.269 e. The number of hydrazone groups is 1. The zero-order chi connectivity index (χ0) is 20.5. The number of aromatic nitrogens is 3. The van der Waals surface area contributed by atoms with Gasteiger partial charge in [0.25, 0.3) is 5.91 Å². The van der Waals surface area contributed by atoms with Crippen LogP contribution >= 0.6 is 9.24 Å². The molecule has 6 nitrogen and oxygen atoms in total. The smallest absolute Gasteiger partial charge is 0.269 e. The summed E-state index contributed by atoms with van der Waals surface area (Å²) >= 11 is 0. The maximum atomic E-state index is 13.0. The van der Waals surface area contributed by atoms with E-state index in [0.29, 0.717) is 12.0 Å². The number of carbonyl (C=O) groups excluding carboxylic acids is 1. The van der Waals surface area contributed by atoms with Gasteiger partial charge in [-0.3, -0.25) is 4.79 Å². The normalized spacial score (nSPS) is 16.1. The highest BCUT2D eigenvalue weighted by molar-refractivity contribution is 7.27. The lowest BCUT2D eigenvalue weighted by molar-refractivity contribution is -0.129. The Balaban J connectivity index is 1.39. The molecule has 150 valence electrons. The largest absolute Gasteiger partial charge is 0.331 e. The van der Waals surface area contributed by atoms with Gasteiger partial charge in [-0.2, -0.15) is 10.2 Å². The Kier molecular flexibility index (Phi) is 5.37. The second-order valence-electron chi connectivity index (χ2n) is 7.66.